The minimum Gasteiger partial charge on any atom is -0.496 e. The average molecular weight is 291 g/mol. The molecule has 20 heavy (non-hydrogen) atoms. The zero-order valence-corrected chi connectivity index (χ0v) is 13.2. The maximum atomic E-state index is 5.77. The van der Waals surface area contributed by atoms with Gasteiger partial charge in [-0.1, -0.05) is 17.7 Å². The zero-order valence-electron chi connectivity index (χ0n) is 12.4. The molecule has 1 heterocycles. The minimum atomic E-state index is 0.0754. The highest BCUT2D eigenvalue weighted by molar-refractivity contribution is 7.10. The van der Waals surface area contributed by atoms with E-state index in [1.165, 1.54) is 10.4 Å². The van der Waals surface area contributed by atoms with Crippen LogP contribution in [-0.2, 0) is 0 Å². The van der Waals surface area contributed by atoms with Crippen molar-refractivity contribution in [1.82, 2.24) is 5.32 Å². The lowest BCUT2D eigenvalue weighted by atomic mass is 10.0. The average Bonchev–Trinajstić information content (AvgIpc) is 2.91. The van der Waals surface area contributed by atoms with E-state index in [9.17, 15) is 0 Å². The van der Waals surface area contributed by atoms with E-state index < -0.39 is 0 Å². The molecule has 0 amide bonds. The summed E-state index contributed by atoms with van der Waals surface area (Å²) in [6, 6.07) is 8.36. The number of hydrogen-bond acceptors (Lipinski definition) is 4. The predicted molar refractivity (Wildman–Crippen MR) is 84.1 cm³/mol. The van der Waals surface area contributed by atoms with Crippen molar-refractivity contribution < 1.29 is 9.47 Å². The van der Waals surface area contributed by atoms with Crippen LogP contribution in [0.4, 0.5) is 0 Å². The van der Waals surface area contributed by atoms with Gasteiger partial charge in [0.25, 0.3) is 0 Å². The van der Waals surface area contributed by atoms with Crippen molar-refractivity contribution >= 4 is 11.3 Å². The quantitative estimate of drug-likeness (QED) is 0.878. The Morgan fingerprint density at radius 1 is 1.25 bits per heavy atom. The third-order valence-electron chi connectivity index (χ3n) is 3.20. The van der Waals surface area contributed by atoms with Crippen LogP contribution in [0.3, 0.4) is 0 Å². The van der Waals surface area contributed by atoms with Gasteiger partial charge in [-0.2, -0.15) is 0 Å². The van der Waals surface area contributed by atoms with Gasteiger partial charge in [-0.05, 0) is 38.4 Å². The molecule has 1 aromatic carbocycles. The van der Waals surface area contributed by atoms with E-state index in [-0.39, 0.29) is 6.04 Å². The Morgan fingerprint density at radius 2 is 2.05 bits per heavy atom. The summed E-state index contributed by atoms with van der Waals surface area (Å²) in [7, 11) is 3.67. The normalized spacial score (nSPS) is 12.2. The summed E-state index contributed by atoms with van der Waals surface area (Å²) in [5.74, 6) is 1.84. The highest BCUT2D eigenvalue weighted by Gasteiger charge is 2.21. The summed E-state index contributed by atoms with van der Waals surface area (Å²) >= 11 is 1.69. The van der Waals surface area contributed by atoms with Crippen LogP contribution >= 0.6 is 11.3 Å². The fourth-order valence-corrected chi connectivity index (χ4v) is 3.28. The summed E-state index contributed by atoms with van der Waals surface area (Å²) in [5, 5.41) is 5.42. The summed E-state index contributed by atoms with van der Waals surface area (Å²) in [6.07, 6.45) is 0. The second-order valence-electron chi connectivity index (χ2n) is 4.55. The van der Waals surface area contributed by atoms with Gasteiger partial charge in [-0.25, -0.2) is 0 Å². The van der Waals surface area contributed by atoms with Gasteiger partial charge in [-0.15, -0.1) is 11.3 Å². The van der Waals surface area contributed by atoms with Gasteiger partial charge in [-0.3, -0.25) is 0 Å². The molecule has 2 aromatic rings. The standard InChI is InChI=1S/C16H21NO2S/c1-5-19-13-7-6-11(2)10-12(13)15(17-3)16-14(18-4)8-9-20-16/h6-10,15,17H,5H2,1-4H3. The van der Waals surface area contributed by atoms with E-state index in [0.29, 0.717) is 6.61 Å². The largest absolute Gasteiger partial charge is 0.496 e. The molecular weight excluding hydrogens is 270 g/mol. The van der Waals surface area contributed by atoms with E-state index in [1.807, 2.05) is 26.1 Å². The van der Waals surface area contributed by atoms with Crippen molar-refractivity contribution in [1.29, 1.82) is 0 Å². The van der Waals surface area contributed by atoms with Crippen LogP contribution in [0.2, 0.25) is 0 Å². The Kier molecular flexibility index (Phi) is 5.04. The highest BCUT2D eigenvalue weighted by atomic mass is 32.1. The lowest BCUT2D eigenvalue weighted by Gasteiger charge is -2.20. The van der Waals surface area contributed by atoms with Gasteiger partial charge in [0.15, 0.2) is 0 Å². The molecular formula is C16H21NO2S. The lowest BCUT2D eigenvalue weighted by molar-refractivity contribution is 0.333. The smallest absolute Gasteiger partial charge is 0.134 e. The molecule has 3 nitrogen and oxygen atoms in total. The summed E-state index contributed by atoms with van der Waals surface area (Å²) in [6.45, 7) is 4.76. The molecule has 2 rings (SSSR count). The molecule has 0 aliphatic carbocycles. The molecule has 0 spiro atoms. The molecule has 108 valence electrons. The van der Waals surface area contributed by atoms with Crippen LogP contribution in [0.15, 0.2) is 29.6 Å². The van der Waals surface area contributed by atoms with Crippen LogP contribution in [0.5, 0.6) is 11.5 Å². The van der Waals surface area contributed by atoms with Gasteiger partial charge in [0.2, 0.25) is 0 Å². The summed E-state index contributed by atoms with van der Waals surface area (Å²) < 4.78 is 11.2. The first kappa shape index (κ1) is 14.9. The molecule has 0 saturated carbocycles. The number of thiophene rings is 1. The zero-order chi connectivity index (χ0) is 14.5. The molecule has 4 heteroatoms. The fourth-order valence-electron chi connectivity index (χ4n) is 2.30. The number of methoxy groups -OCH3 is 1. The van der Waals surface area contributed by atoms with Crippen LogP contribution in [0.25, 0.3) is 0 Å². The Bertz CT molecular complexity index is 565. The molecule has 1 unspecified atom stereocenters. The van der Waals surface area contributed by atoms with Crippen molar-refractivity contribution in [3.8, 4) is 11.5 Å². The molecule has 1 aromatic heterocycles. The number of ether oxygens (including phenoxy) is 2. The van der Waals surface area contributed by atoms with Gasteiger partial charge in [0, 0.05) is 5.56 Å². The first-order valence-corrected chi connectivity index (χ1v) is 7.61. The molecule has 0 aliphatic rings. The Hall–Kier alpha value is -1.52. The minimum absolute atomic E-state index is 0.0754. The summed E-state index contributed by atoms with van der Waals surface area (Å²) in [5.41, 5.74) is 2.37. The molecule has 1 N–H and O–H groups in total. The lowest BCUT2D eigenvalue weighted by Crippen LogP contribution is -2.18. The van der Waals surface area contributed by atoms with Gasteiger partial charge >= 0.3 is 0 Å². The van der Waals surface area contributed by atoms with Crippen molar-refractivity contribution in [3.05, 3.63) is 45.6 Å². The van der Waals surface area contributed by atoms with E-state index in [1.54, 1.807) is 18.4 Å². The second kappa shape index (κ2) is 6.77. The maximum absolute atomic E-state index is 5.77. The Labute approximate surface area is 124 Å². The van der Waals surface area contributed by atoms with E-state index >= 15 is 0 Å². The number of aryl methyl sites for hydroxylation is 1. The highest BCUT2D eigenvalue weighted by Crippen LogP contribution is 2.38. The van der Waals surface area contributed by atoms with E-state index in [2.05, 4.69) is 29.8 Å². The number of hydrogen-bond donors (Lipinski definition) is 1. The van der Waals surface area contributed by atoms with Gasteiger partial charge in [0.1, 0.15) is 11.5 Å². The van der Waals surface area contributed by atoms with Gasteiger partial charge < -0.3 is 14.8 Å². The van der Waals surface area contributed by atoms with Crippen LogP contribution < -0.4 is 14.8 Å². The topological polar surface area (TPSA) is 30.5 Å². The second-order valence-corrected chi connectivity index (χ2v) is 5.50. The van der Waals surface area contributed by atoms with Crippen molar-refractivity contribution in [2.75, 3.05) is 20.8 Å². The first-order valence-electron chi connectivity index (χ1n) is 6.73. The Balaban J connectivity index is 2.48. The first-order chi connectivity index (χ1) is 9.71. The third kappa shape index (κ3) is 2.97. The third-order valence-corrected chi connectivity index (χ3v) is 4.17. The van der Waals surface area contributed by atoms with Crippen molar-refractivity contribution in [2.45, 2.75) is 19.9 Å². The molecule has 0 fully saturated rings. The SMILES string of the molecule is CCOc1ccc(C)cc1C(NC)c1sccc1OC. The fraction of sp³-hybridized carbons (Fsp3) is 0.375. The van der Waals surface area contributed by atoms with E-state index in [0.717, 1.165) is 17.1 Å². The molecule has 0 bridgehead atoms. The molecule has 0 radical (unpaired) electrons. The van der Waals surface area contributed by atoms with Crippen LogP contribution in [0.1, 0.15) is 29.0 Å². The van der Waals surface area contributed by atoms with Crippen LogP contribution in [-0.4, -0.2) is 20.8 Å². The van der Waals surface area contributed by atoms with Crippen molar-refractivity contribution in [2.24, 2.45) is 0 Å². The summed E-state index contributed by atoms with van der Waals surface area (Å²) in [4.78, 5) is 1.17. The molecule has 0 aliphatic heterocycles. The van der Waals surface area contributed by atoms with Crippen molar-refractivity contribution in [3.63, 3.8) is 0 Å². The van der Waals surface area contributed by atoms with E-state index in [4.69, 9.17) is 9.47 Å². The monoisotopic (exact) mass is 291 g/mol. The number of rotatable bonds is 6. The molecule has 0 saturated heterocycles. The Morgan fingerprint density at radius 3 is 2.70 bits per heavy atom. The maximum Gasteiger partial charge on any atom is 0.134 e. The van der Waals surface area contributed by atoms with Gasteiger partial charge in [0.05, 0.1) is 24.6 Å². The predicted octanol–water partition coefficient (Wildman–Crippen LogP) is 3.77. The number of nitrogens with one attached hydrogen (secondary N) is 1. The van der Waals surface area contributed by atoms with Crippen LogP contribution in [0, 0.1) is 6.92 Å². The number of benzene rings is 1. The molecule has 1 atom stereocenters.